The Bertz CT molecular complexity index is 1050. The zero-order valence-electron chi connectivity index (χ0n) is 19.5. The van der Waals surface area contributed by atoms with Crippen LogP contribution in [0, 0.1) is 0 Å². The molecule has 1 aliphatic heterocycles. The molecule has 3 aromatic rings. The number of benzene rings is 2. The van der Waals surface area contributed by atoms with Crippen LogP contribution in [0.2, 0.25) is 0 Å². The number of rotatable bonds is 8. The molecule has 8 heteroatoms. The molecule has 1 atom stereocenters. The third kappa shape index (κ3) is 5.58. The zero-order valence-corrected chi connectivity index (χ0v) is 19.5. The maximum atomic E-state index is 12.8. The Kier molecular flexibility index (Phi) is 7.36. The van der Waals surface area contributed by atoms with Crippen molar-refractivity contribution in [1.82, 2.24) is 24.8 Å². The second kappa shape index (κ2) is 10.6. The van der Waals surface area contributed by atoms with Crippen LogP contribution in [-0.4, -0.2) is 77.6 Å². The molecule has 0 saturated carbocycles. The van der Waals surface area contributed by atoms with Gasteiger partial charge in [0.05, 0.1) is 19.7 Å². The lowest BCUT2D eigenvalue weighted by Crippen LogP contribution is -2.50. The van der Waals surface area contributed by atoms with Crippen LogP contribution < -0.4 is 4.74 Å². The molecule has 1 saturated heterocycles. The topological polar surface area (TPSA) is 74.9 Å². The van der Waals surface area contributed by atoms with Gasteiger partial charge < -0.3 is 14.2 Å². The van der Waals surface area contributed by atoms with Crippen molar-refractivity contribution in [3.8, 4) is 17.1 Å². The van der Waals surface area contributed by atoms with Gasteiger partial charge in [-0.1, -0.05) is 53.7 Å². The fourth-order valence-corrected chi connectivity index (χ4v) is 4.06. The van der Waals surface area contributed by atoms with Crippen LogP contribution >= 0.6 is 0 Å². The molecular formula is C25H31N5O3. The Morgan fingerprint density at radius 3 is 2.52 bits per heavy atom. The number of piperazine rings is 1. The molecule has 1 aliphatic rings. The van der Waals surface area contributed by atoms with Gasteiger partial charge in [-0.2, -0.15) is 4.98 Å². The summed E-state index contributed by atoms with van der Waals surface area (Å²) in [4.78, 5) is 23.7. The maximum Gasteiger partial charge on any atom is 0.244 e. The average Bonchev–Trinajstić information content (AvgIpc) is 3.35. The quantitative estimate of drug-likeness (QED) is 0.523. The second-order valence-electron chi connectivity index (χ2n) is 8.37. The zero-order chi connectivity index (χ0) is 23.2. The highest BCUT2D eigenvalue weighted by Crippen LogP contribution is 2.23. The fraction of sp³-hybridized carbons (Fsp3) is 0.400. The number of likely N-dealkylation sites (N-methyl/N-ethyl adjacent to an activating group) is 1. The maximum absolute atomic E-state index is 12.8. The Balaban J connectivity index is 1.27. The number of carbonyl (C=O) groups excluding carboxylic acids is 1. The number of para-hydroxylation sites is 1. The first-order chi connectivity index (χ1) is 16.0. The monoisotopic (exact) mass is 449 g/mol. The fourth-order valence-electron chi connectivity index (χ4n) is 4.06. The van der Waals surface area contributed by atoms with Gasteiger partial charge in [0.25, 0.3) is 0 Å². The van der Waals surface area contributed by atoms with Gasteiger partial charge >= 0.3 is 0 Å². The number of ether oxygens (including phenoxy) is 1. The molecule has 0 aliphatic carbocycles. The molecule has 2 heterocycles. The summed E-state index contributed by atoms with van der Waals surface area (Å²) in [7, 11) is 3.49. The van der Waals surface area contributed by atoms with Gasteiger partial charge in [-0.15, -0.1) is 0 Å². The lowest BCUT2D eigenvalue weighted by molar-refractivity contribution is -0.132. The van der Waals surface area contributed by atoms with Gasteiger partial charge in [0.15, 0.2) is 0 Å². The summed E-state index contributed by atoms with van der Waals surface area (Å²) in [5, 5.41) is 4.14. The molecular weight excluding hydrogens is 418 g/mol. The van der Waals surface area contributed by atoms with Gasteiger partial charge in [0.1, 0.15) is 5.75 Å². The van der Waals surface area contributed by atoms with E-state index in [4.69, 9.17) is 9.26 Å². The van der Waals surface area contributed by atoms with E-state index in [-0.39, 0.29) is 11.9 Å². The van der Waals surface area contributed by atoms with E-state index < -0.39 is 0 Å². The van der Waals surface area contributed by atoms with Gasteiger partial charge in [-0.05, 0) is 13.0 Å². The van der Waals surface area contributed by atoms with E-state index in [2.05, 4.69) is 26.9 Å². The smallest absolute Gasteiger partial charge is 0.244 e. The normalized spacial score (nSPS) is 15.8. The lowest BCUT2D eigenvalue weighted by Gasteiger charge is -2.37. The molecule has 1 amide bonds. The Morgan fingerprint density at radius 1 is 1.09 bits per heavy atom. The highest BCUT2D eigenvalue weighted by Gasteiger charge is 2.27. The van der Waals surface area contributed by atoms with Gasteiger partial charge in [0, 0.05) is 50.9 Å². The molecule has 4 rings (SSSR count). The van der Waals surface area contributed by atoms with Crippen molar-refractivity contribution in [3.63, 3.8) is 0 Å². The van der Waals surface area contributed by atoms with Crippen molar-refractivity contribution >= 4 is 5.91 Å². The summed E-state index contributed by atoms with van der Waals surface area (Å²) in [6, 6.07) is 17.7. The van der Waals surface area contributed by atoms with Crippen LogP contribution in [0.4, 0.5) is 0 Å². The molecule has 174 valence electrons. The van der Waals surface area contributed by atoms with E-state index in [0.29, 0.717) is 24.8 Å². The summed E-state index contributed by atoms with van der Waals surface area (Å²) in [6.45, 7) is 6.34. The van der Waals surface area contributed by atoms with Crippen LogP contribution in [0.15, 0.2) is 59.1 Å². The van der Waals surface area contributed by atoms with E-state index in [0.717, 1.165) is 43.1 Å². The number of carbonyl (C=O) groups is 1. The Hall–Kier alpha value is -3.23. The van der Waals surface area contributed by atoms with Crippen molar-refractivity contribution in [3.05, 3.63) is 66.1 Å². The molecule has 0 spiro atoms. The molecule has 1 fully saturated rings. The SMILES string of the molecule is COc1ccccc1CN(C)C(=O)CN1CCN(C(C)c2nc(-c3ccccc3)no2)CC1. The largest absolute Gasteiger partial charge is 0.496 e. The molecule has 0 radical (unpaired) electrons. The number of nitrogens with zero attached hydrogens (tertiary/aromatic N) is 5. The summed E-state index contributed by atoms with van der Waals surface area (Å²) in [5.41, 5.74) is 1.95. The number of amides is 1. The molecule has 2 aromatic carbocycles. The minimum atomic E-state index is 0.0287. The first kappa shape index (κ1) is 22.9. The lowest BCUT2D eigenvalue weighted by atomic mass is 10.2. The minimum absolute atomic E-state index is 0.0287. The second-order valence-corrected chi connectivity index (χ2v) is 8.37. The van der Waals surface area contributed by atoms with Gasteiger partial charge in [-0.25, -0.2) is 0 Å². The van der Waals surface area contributed by atoms with Crippen LogP contribution in [0.25, 0.3) is 11.4 Å². The third-order valence-corrected chi connectivity index (χ3v) is 6.17. The first-order valence-corrected chi connectivity index (χ1v) is 11.3. The molecule has 1 unspecified atom stereocenters. The van der Waals surface area contributed by atoms with Crippen LogP contribution in [-0.2, 0) is 11.3 Å². The summed E-state index contributed by atoms with van der Waals surface area (Å²) in [5.74, 6) is 2.14. The molecule has 33 heavy (non-hydrogen) atoms. The first-order valence-electron chi connectivity index (χ1n) is 11.3. The van der Waals surface area contributed by atoms with Crippen LogP contribution in [0.5, 0.6) is 5.75 Å². The Morgan fingerprint density at radius 2 is 1.79 bits per heavy atom. The number of hydrogen-bond acceptors (Lipinski definition) is 7. The van der Waals surface area contributed by atoms with Crippen molar-refractivity contribution < 1.29 is 14.1 Å². The van der Waals surface area contributed by atoms with Crippen molar-refractivity contribution in [2.24, 2.45) is 0 Å². The van der Waals surface area contributed by atoms with E-state index in [1.165, 1.54) is 0 Å². The molecule has 0 N–H and O–H groups in total. The predicted molar refractivity (Wildman–Crippen MR) is 126 cm³/mol. The summed E-state index contributed by atoms with van der Waals surface area (Å²) < 4.78 is 10.9. The molecule has 8 nitrogen and oxygen atoms in total. The molecule has 0 bridgehead atoms. The Labute approximate surface area is 194 Å². The summed E-state index contributed by atoms with van der Waals surface area (Å²) >= 11 is 0. The number of hydrogen-bond donors (Lipinski definition) is 0. The molecule has 1 aromatic heterocycles. The average molecular weight is 450 g/mol. The van der Waals surface area contributed by atoms with Crippen LogP contribution in [0.3, 0.4) is 0 Å². The van der Waals surface area contributed by atoms with Crippen LogP contribution in [0.1, 0.15) is 24.4 Å². The van der Waals surface area contributed by atoms with E-state index >= 15 is 0 Å². The number of aromatic nitrogens is 2. The van der Waals surface area contributed by atoms with Gasteiger partial charge in [-0.3, -0.25) is 14.6 Å². The summed E-state index contributed by atoms with van der Waals surface area (Å²) in [6.07, 6.45) is 0. The highest BCUT2D eigenvalue weighted by molar-refractivity contribution is 5.78. The number of methoxy groups -OCH3 is 1. The standard InChI is InChI=1S/C25H31N5O3/c1-19(25-26-24(27-33-25)20-9-5-4-6-10-20)30-15-13-29(14-16-30)18-23(31)28(2)17-21-11-7-8-12-22(21)32-3/h4-12,19H,13-18H2,1-3H3. The van der Waals surface area contributed by atoms with E-state index in [1.807, 2.05) is 61.6 Å². The van der Waals surface area contributed by atoms with Crippen molar-refractivity contribution in [2.45, 2.75) is 19.5 Å². The minimum Gasteiger partial charge on any atom is -0.496 e. The van der Waals surface area contributed by atoms with Gasteiger partial charge in [0.2, 0.25) is 17.6 Å². The predicted octanol–water partition coefficient (Wildman–Crippen LogP) is 3.08. The van der Waals surface area contributed by atoms with E-state index in [9.17, 15) is 4.79 Å². The van der Waals surface area contributed by atoms with E-state index in [1.54, 1.807) is 12.0 Å². The third-order valence-electron chi connectivity index (χ3n) is 6.17. The van der Waals surface area contributed by atoms with Crippen molar-refractivity contribution in [2.75, 3.05) is 46.9 Å². The highest BCUT2D eigenvalue weighted by atomic mass is 16.5. The van der Waals surface area contributed by atoms with Crippen molar-refractivity contribution in [1.29, 1.82) is 0 Å².